The number of rotatable bonds is 6. The summed E-state index contributed by atoms with van der Waals surface area (Å²) in [4.78, 5) is 24.6. The van der Waals surface area contributed by atoms with Gasteiger partial charge in [0.15, 0.2) is 0 Å². The molecule has 0 spiro atoms. The third-order valence-corrected chi connectivity index (χ3v) is 2.74. The van der Waals surface area contributed by atoms with Gasteiger partial charge in [0, 0.05) is 20.5 Å². The lowest BCUT2D eigenvalue weighted by molar-refractivity contribution is -0.128. The quantitative estimate of drug-likeness (QED) is 0.482. The molecule has 20 heavy (non-hydrogen) atoms. The molecule has 6 nitrogen and oxygen atoms in total. The molecule has 0 heterocycles. The molecule has 0 bridgehead atoms. The third-order valence-electron chi connectivity index (χ3n) is 2.74. The van der Waals surface area contributed by atoms with Crippen LogP contribution in [0, 0.1) is 0 Å². The van der Waals surface area contributed by atoms with Crippen LogP contribution in [-0.2, 0) is 9.53 Å². The van der Waals surface area contributed by atoms with Crippen molar-refractivity contribution in [3.8, 4) is 5.75 Å². The summed E-state index contributed by atoms with van der Waals surface area (Å²) in [7, 11) is 4.86. The molecule has 0 aliphatic carbocycles. The summed E-state index contributed by atoms with van der Waals surface area (Å²) in [5.41, 5.74) is 6.49. The van der Waals surface area contributed by atoms with Crippen LogP contribution in [0.4, 0.5) is 5.69 Å². The van der Waals surface area contributed by atoms with Crippen LogP contribution in [0.3, 0.4) is 0 Å². The van der Waals surface area contributed by atoms with Crippen LogP contribution in [0.1, 0.15) is 23.2 Å². The van der Waals surface area contributed by atoms with Gasteiger partial charge < -0.3 is 20.1 Å². The first-order valence-electron chi connectivity index (χ1n) is 6.26. The predicted molar refractivity (Wildman–Crippen MR) is 75.6 cm³/mol. The fraction of sp³-hybridized carbons (Fsp3) is 0.429. The molecule has 1 amide bonds. The summed E-state index contributed by atoms with van der Waals surface area (Å²) >= 11 is 0. The van der Waals surface area contributed by atoms with Gasteiger partial charge in [-0.25, -0.2) is 4.79 Å². The highest BCUT2D eigenvalue weighted by Crippen LogP contribution is 2.22. The van der Waals surface area contributed by atoms with E-state index in [1.54, 1.807) is 26.2 Å². The largest absolute Gasteiger partial charge is 0.495 e. The summed E-state index contributed by atoms with van der Waals surface area (Å²) in [5.74, 6) is -0.0157. The minimum atomic E-state index is -0.458. The van der Waals surface area contributed by atoms with Crippen molar-refractivity contribution < 1.29 is 19.1 Å². The number of amides is 1. The van der Waals surface area contributed by atoms with E-state index in [0.717, 1.165) is 0 Å². The Balaban J connectivity index is 2.45. The van der Waals surface area contributed by atoms with Gasteiger partial charge in [-0.15, -0.1) is 0 Å². The molecule has 2 N–H and O–H groups in total. The second-order valence-corrected chi connectivity index (χ2v) is 4.48. The molecule has 0 aromatic heterocycles. The lowest BCUT2D eigenvalue weighted by Crippen LogP contribution is -2.21. The smallest absolute Gasteiger partial charge is 0.338 e. The molecule has 1 aromatic rings. The minimum Gasteiger partial charge on any atom is -0.495 e. The van der Waals surface area contributed by atoms with E-state index in [-0.39, 0.29) is 12.5 Å². The van der Waals surface area contributed by atoms with E-state index in [2.05, 4.69) is 0 Å². The predicted octanol–water partition coefficient (Wildman–Crippen LogP) is 1.30. The SMILES string of the molecule is COc1cc(C(=O)OCCCC(=O)N(C)C)ccc1N. The lowest BCUT2D eigenvalue weighted by Gasteiger charge is -2.10. The highest BCUT2D eigenvalue weighted by Gasteiger charge is 2.11. The Labute approximate surface area is 118 Å². The Morgan fingerprint density at radius 3 is 2.60 bits per heavy atom. The van der Waals surface area contributed by atoms with E-state index in [1.165, 1.54) is 18.1 Å². The topological polar surface area (TPSA) is 81.9 Å². The van der Waals surface area contributed by atoms with Crippen LogP contribution in [0.25, 0.3) is 0 Å². The fourth-order valence-electron chi connectivity index (χ4n) is 1.53. The van der Waals surface area contributed by atoms with Gasteiger partial charge in [0.2, 0.25) is 5.91 Å². The summed E-state index contributed by atoms with van der Waals surface area (Å²) in [6.45, 7) is 0.200. The highest BCUT2D eigenvalue weighted by atomic mass is 16.5. The number of nitrogens with zero attached hydrogens (tertiary/aromatic N) is 1. The van der Waals surface area contributed by atoms with Crippen molar-refractivity contribution in [1.82, 2.24) is 4.90 Å². The molecule has 0 radical (unpaired) electrons. The summed E-state index contributed by atoms with van der Waals surface area (Å²) < 4.78 is 10.1. The summed E-state index contributed by atoms with van der Waals surface area (Å²) in [5, 5.41) is 0. The van der Waals surface area contributed by atoms with Gasteiger partial charge in [-0.3, -0.25) is 4.79 Å². The van der Waals surface area contributed by atoms with E-state index in [0.29, 0.717) is 29.8 Å². The molecule has 0 saturated heterocycles. The molecule has 6 heteroatoms. The maximum Gasteiger partial charge on any atom is 0.338 e. The molecule has 0 atom stereocenters. The maximum atomic E-state index is 11.8. The maximum absolute atomic E-state index is 11.8. The Hall–Kier alpha value is -2.24. The number of ether oxygens (including phenoxy) is 2. The Morgan fingerprint density at radius 2 is 2.00 bits per heavy atom. The fourth-order valence-corrected chi connectivity index (χ4v) is 1.53. The van der Waals surface area contributed by atoms with Crippen LogP contribution < -0.4 is 10.5 Å². The zero-order valence-corrected chi connectivity index (χ0v) is 12.0. The molecule has 0 aliphatic rings. The molecule has 0 saturated carbocycles. The second-order valence-electron chi connectivity index (χ2n) is 4.48. The molecular formula is C14H20N2O4. The van der Waals surface area contributed by atoms with Crippen molar-refractivity contribution in [2.24, 2.45) is 0 Å². The summed E-state index contributed by atoms with van der Waals surface area (Å²) in [6.07, 6.45) is 0.847. The van der Waals surface area contributed by atoms with E-state index in [1.807, 2.05) is 0 Å². The molecular weight excluding hydrogens is 260 g/mol. The number of hydrogen-bond acceptors (Lipinski definition) is 5. The van der Waals surface area contributed by atoms with Gasteiger partial charge in [0.1, 0.15) is 5.75 Å². The zero-order chi connectivity index (χ0) is 15.1. The van der Waals surface area contributed by atoms with E-state index < -0.39 is 5.97 Å². The number of carbonyl (C=O) groups excluding carboxylic acids is 2. The van der Waals surface area contributed by atoms with Crippen LogP contribution in [-0.4, -0.2) is 44.6 Å². The van der Waals surface area contributed by atoms with Crippen LogP contribution in [0.15, 0.2) is 18.2 Å². The normalized spacial score (nSPS) is 9.95. The van der Waals surface area contributed by atoms with Gasteiger partial charge in [0.05, 0.1) is 25.0 Å². The van der Waals surface area contributed by atoms with Gasteiger partial charge >= 0.3 is 5.97 Å². The number of hydrogen-bond donors (Lipinski definition) is 1. The van der Waals surface area contributed by atoms with E-state index in [9.17, 15) is 9.59 Å². The first-order valence-corrected chi connectivity index (χ1v) is 6.26. The van der Waals surface area contributed by atoms with Gasteiger partial charge in [-0.1, -0.05) is 0 Å². The highest BCUT2D eigenvalue weighted by molar-refractivity contribution is 5.90. The Bertz CT molecular complexity index is 486. The van der Waals surface area contributed by atoms with E-state index >= 15 is 0 Å². The molecule has 0 unspecified atom stereocenters. The second kappa shape index (κ2) is 7.37. The van der Waals surface area contributed by atoms with Crippen molar-refractivity contribution in [2.45, 2.75) is 12.8 Å². The lowest BCUT2D eigenvalue weighted by atomic mass is 10.2. The number of nitrogens with two attached hydrogens (primary N) is 1. The molecule has 0 aliphatic heterocycles. The number of methoxy groups -OCH3 is 1. The Kier molecular flexibility index (Phi) is 5.83. The molecule has 1 aromatic carbocycles. The van der Waals surface area contributed by atoms with Gasteiger partial charge in [0.25, 0.3) is 0 Å². The Morgan fingerprint density at radius 1 is 1.30 bits per heavy atom. The third kappa shape index (κ3) is 4.46. The van der Waals surface area contributed by atoms with Gasteiger partial charge in [-0.05, 0) is 24.6 Å². The molecule has 1 rings (SSSR count). The molecule has 110 valence electrons. The summed E-state index contributed by atoms with van der Waals surface area (Å²) in [6, 6.07) is 4.69. The average molecular weight is 280 g/mol. The van der Waals surface area contributed by atoms with Crippen molar-refractivity contribution in [3.05, 3.63) is 23.8 Å². The zero-order valence-electron chi connectivity index (χ0n) is 12.0. The number of benzene rings is 1. The van der Waals surface area contributed by atoms with Crippen LogP contribution >= 0.6 is 0 Å². The number of carbonyl (C=O) groups is 2. The number of esters is 1. The first-order chi connectivity index (χ1) is 9.45. The minimum absolute atomic E-state index is 0.00945. The van der Waals surface area contributed by atoms with Crippen LogP contribution in [0.5, 0.6) is 5.75 Å². The van der Waals surface area contributed by atoms with Gasteiger partial charge in [-0.2, -0.15) is 0 Å². The monoisotopic (exact) mass is 280 g/mol. The molecule has 0 fully saturated rings. The van der Waals surface area contributed by atoms with Crippen molar-refractivity contribution >= 4 is 17.6 Å². The number of nitrogen functional groups attached to an aromatic ring is 1. The van der Waals surface area contributed by atoms with Crippen LogP contribution in [0.2, 0.25) is 0 Å². The van der Waals surface area contributed by atoms with Crippen molar-refractivity contribution in [3.63, 3.8) is 0 Å². The van der Waals surface area contributed by atoms with E-state index in [4.69, 9.17) is 15.2 Å². The van der Waals surface area contributed by atoms with Crippen molar-refractivity contribution in [1.29, 1.82) is 0 Å². The standard InChI is InChI=1S/C14H20N2O4/c1-16(2)13(17)5-4-8-20-14(18)10-6-7-11(15)12(9-10)19-3/h6-7,9H,4-5,8,15H2,1-3H3. The van der Waals surface area contributed by atoms with Crippen molar-refractivity contribution in [2.75, 3.05) is 33.5 Å². The number of anilines is 1. The first kappa shape index (κ1) is 15.8. The average Bonchev–Trinajstić information content (AvgIpc) is 2.43.